The number of benzene rings is 1. The zero-order valence-corrected chi connectivity index (χ0v) is 13.4. The highest BCUT2D eigenvalue weighted by Crippen LogP contribution is 2.37. The largest absolute Gasteiger partial charge is 0.495 e. The molecule has 1 aromatic carbocycles. The molecule has 118 valence electrons. The van der Waals surface area contributed by atoms with Crippen molar-refractivity contribution in [3.8, 4) is 5.75 Å². The number of imidazole rings is 1. The Morgan fingerprint density at radius 1 is 1.41 bits per heavy atom. The summed E-state index contributed by atoms with van der Waals surface area (Å²) in [6.45, 7) is 2.36. The van der Waals surface area contributed by atoms with Gasteiger partial charge < -0.3 is 9.72 Å². The van der Waals surface area contributed by atoms with Gasteiger partial charge in [0, 0.05) is 18.9 Å². The molecular weight excluding hydrogens is 302 g/mol. The minimum Gasteiger partial charge on any atom is -0.495 e. The molecule has 2 heterocycles. The molecule has 1 aliphatic rings. The smallest absolute Gasteiger partial charge is 0.247 e. The van der Waals surface area contributed by atoms with Crippen LogP contribution in [0.5, 0.6) is 5.75 Å². The van der Waals surface area contributed by atoms with Crippen molar-refractivity contribution in [3.05, 3.63) is 42.0 Å². The maximum atomic E-state index is 13.1. The Balaban J connectivity index is 2.04. The van der Waals surface area contributed by atoms with Crippen molar-refractivity contribution in [1.82, 2.24) is 14.3 Å². The fourth-order valence-electron chi connectivity index (χ4n) is 2.87. The van der Waals surface area contributed by atoms with Gasteiger partial charge in [-0.2, -0.15) is 4.31 Å². The summed E-state index contributed by atoms with van der Waals surface area (Å²) in [5.74, 6) is 1.06. The number of rotatable bonds is 4. The van der Waals surface area contributed by atoms with Crippen molar-refractivity contribution < 1.29 is 13.2 Å². The maximum Gasteiger partial charge on any atom is 0.247 e. The number of aryl methyl sites for hydroxylation is 1. The van der Waals surface area contributed by atoms with Crippen LogP contribution in [0.2, 0.25) is 0 Å². The summed E-state index contributed by atoms with van der Waals surface area (Å²) in [7, 11) is -2.15. The Hall–Kier alpha value is -1.86. The van der Waals surface area contributed by atoms with E-state index in [1.807, 2.05) is 13.0 Å². The molecule has 3 rings (SSSR count). The fraction of sp³-hybridized carbons (Fsp3) is 0.400. The summed E-state index contributed by atoms with van der Waals surface area (Å²) < 4.78 is 32.9. The number of nitrogens with one attached hydrogen (secondary N) is 1. The van der Waals surface area contributed by atoms with Gasteiger partial charge >= 0.3 is 0 Å². The van der Waals surface area contributed by atoms with Crippen molar-refractivity contribution in [2.75, 3.05) is 13.7 Å². The molecule has 0 radical (unpaired) electrons. The quantitative estimate of drug-likeness (QED) is 0.937. The van der Waals surface area contributed by atoms with Crippen LogP contribution in [0, 0.1) is 6.92 Å². The summed E-state index contributed by atoms with van der Waals surface area (Å²) in [5.41, 5.74) is 0.883. The van der Waals surface area contributed by atoms with Gasteiger partial charge in [0.05, 0.1) is 13.2 Å². The number of aromatic amines is 1. The van der Waals surface area contributed by atoms with Crippen molar-refractivity contribution in [2.24, 2.45) is 0 Å². The summed E-state index contributed by atoms with van der Waals surface area (Å²) in [5, 5.41) is 0. The third-order valence-corrected chi connectivity index (χ3v) is 5.87. The summed E-state index contributed by atoms with van der Waals surface area (Å²) in [6.07, 6.45) is 4.94. The van der Waals surface area contributed by atoms with Gasteiger partial charge in [0.15, 0.2) is 0 Å². The number of hydrogen-bond acceptors (Lipinski definition) is 4. The molecular formula is C15H19N3O3S. The standard InChI is InChI=1S/C15H19N3O3S/c1-11-5-6-13(21-2)14(10-11)22(19,20)18-9-3-4-12(18)15-16-7-8-17-15/h5-8,10,12H,3-4,9H2,1-2H3,(H,16,17). The Bertz CT molecular complexity index is 756. The molecule has 7 heteroatoms. The van der Waals surface area contributed by atoms with E-state index in [0.29, 0.717) is 18.1 Å². The van der Waals surface area contributed by atoms with Gasteiger partial charge in [0.2, 0.25) is 10.0 Å². The first kappa shape index (κ1) is 15.1. The van der Waals surface area contributed by atoms with Crippen molar-refractivity contribution in [3.63, 3.8) is 0 Å². The van der Waals surface area contributed by atoms with Crippen LogP contribution in [0.25, 0.3) is 0 Å². The molecule has 0 aliphatic carbocycles. The first-order chi connectivity index (χ1) is 10.5. The second-order valence-electron chi connectivity index (χ2n) is 5.40. The monoisotopic (exact) mass is 321 g/mol. The molecule has 0 bridgehead atoms. The SMILES string of the molecule is COc1ccc(C)cc1S(=O)(=O)N1CCCC1c1ncc[nH]1. The van der Waals surface area contributed by atoms with Crippen LogP contribution in [0.3, 0.4) is 0 Å². The lowest BCUT2D eigenvalue weighted by Crippen LogP contribution is -2.31. The first-order valence-electron chi connectivity index (χ1n) is 7.20. The van der Waals surface area contributed by atoms with Gasteiger partial charge in [-0.25, -0.2) is 13.4 Å². The molecule has 1 atom stereocenters. The third kappa shape index (κ3) is 2.50. The molecule has 1 aromatic heterocycles. The average Bonchev–Trinajstić information content (AvgIpc) is 3.18. The van der Waals surface area contributed by atoms with Crippen LogP contribution < -0.4 is 4.74 Å². The van der Waals surface area contributed by atoms with E-state index in [2.05, 4.69) is 9.97 Å². The molecule has 1 unspecified atom stereocenters. The zero-order chi connectivity index (χ0) is 15.7. The highest BCUT2D eigenvalue weighted by atomic mass is 32.2. The lowest BCUT2D eigenvalue weighted by atomic mass is 10.2. The highest BCUT2D eigenvalue weighted by molar-refractivity contribution is 7.89. The number of nitrogens with zero attached hydrogens (tertiary/aromatic N) is 2. The van der Waals surface area contributed by atoms with Crippen molar-refractivity contribution >= 4 is 10.0 Å². The molecule has 0 spiro atoms. The molecule has 22 heavy (non-hydrogen) atoms. The van der Waals surface area contributed by atoms with Crippen LogP contribution in [-0.4, -0.2) is 36.3 Å². The van der Waals surface area contributed by atoms with Crippen LogP contribution in [0.15, 0.2) is 35.5 Å². The van der Waals surface area contributed by atoms with E-state index in [1.54, 1.807) is 24.5 Å². The molecule has 6 nitrogen and oxygen atoms in total. The fourth-order valence-corrected chi connectivity index (χ4v) is 4.78. The second kappa shape index (κ2) is 5.73. The van der Waals surface area contributed by atoms with Gasteiger partial charge in [-0.1, -0.05) is 6.07 Å². The molecule has 1 N–H and O–H groups in total. The lowest BCUT2D eigenvalue weighted by molar-refractivity contribution is 0.374. The average molecular weight is 321 g/mol. The Morgan fingerprint density at radius 3 is 2.91 bits per heavy atom. The van der Waals surface area contributed by atoms with Gasteiger partial charge in [0.25, 0.3) is 0 Å². The molecule has 0 amide bonds. The summed E-state index contributed by atoms with van der Waals surface area (Å²) in [6, 6.07) is 4.95. The van der Waals surface area contributed by atoms with E-state index >= 15 is 0 Å². The number of methoxy groups -OCH3 is 1. The van der Waals surface area contributed by atoms with E-state index in [1.165, 1.54) is 11.4 Å². The number of H-pyrrole nitrogens is 1. The number of hydrogen-bond donors (Lipinski definition) is 1. The van der Waals surface area contributed by atoms with E-state index in [9.17, 15) is 8.42 Å². The number of ether oxygens (including phenoxy) is 1. The van der Waals surface area contributed by atoms with Crippen molar-refractivity contribution in [1.29, 1.82) is 0 Å². The highest BCUT2D eigenvalue weighted by Gasteiger charge is 2.38. The maximum absolute atomic E-state index is 13.1. The minimum absolute atomic E-state index is 0.216. The van der Waals surface area contributed by atoms with Gasteiger partial charge in [-0.05, 0) is 37.5 Å². The molecule has 2 aromatic rings. The lowest BCUT2D eigenvalue weighted by Gasteiger charge is -2.23. The molecule has 0 saturated carbocycles. The summed E-state index contributed by atoms with van der Waals surface area (Å²) in [4.78, 5) is 7.46. The zero-order valence-electron chi connectivity index (χ0n) is 12.6. The minimum atomic E-state index is -3.63. The van der Waals surface area contributed by atoms with E-state index in [4.69, 9.17) is 4.74 Å². The first-order valence-corrected chi connectivity index (χ1v) is 8.64. The van der Waals surface area contributed by atoms with Gasteiger partial charge in [-0.15, -0.1) is 0 Å². The second-order valence-corrected chi connectivity index (χ2v) is 7.26. The van der Waals surface area contributed by atoms with Crippen LogP contribution >= 0.6 is 0 Å². The third-order valence-electron chi connectivity index (χ3n) is 3.94. The Kier molecular flexibility index (Phi) is 3.92. The molecule has 1 fully saturated rings. The predicted octanol–water partition coefficient (Wildman–Crippen LogP) is 2.25. The van der Waals surface area contributed by atoms with Gasteiger partial charge in [0.1, 0.15) is 16.5 Å². The summed E-state index contributed by atoms with van der Waals surface area (Å²) >= 11 is 0. The van der Waals surface area contributed by atoms with E-state index in [0.717, 1.165) is 18.4 Å². The van der Waals surface area contributed by atoms with Crippen LogP contribution in [-0.2, 0) is 10.0 Å². The normalized spacial score (nSPS) is 19.5. The molecule has 1 aliphatic heterocycles. The van der Waals surface area contributed by atoms with Gasteiger partial charge in [-0.3, -0.25) is 0 Å². The van der Waals surface area contributed by atoms with E-state index in [-0.39, 0.29) is 10.9 Å². The number of sulfonamides is 1. The number of aromatic nitrogens is 2. The Morgan fingerprint density at radius 2 is 2.23 bits per heavy atom. The van der Waals surface area contributed by atoms with Crippen molar-refractivity contribution in [2.45, 2.75) is 30.7 Å². The Labute approximate surface area is 130 Å². The predicted molar refractivity (Wildman–Crippen MR) is 82.2 cm³/mol. The topological polar surface area (TPSA) is 75.3 Å². The van der Waals surface area contributed by atoms with E-state index < -0.39 is 10.0 Å². The van der Waals surface area contributed by atoms with Crippen LogP contribution in [0.1, 0.15) is 30.3 Å². The van der Waals surface area contributed by atoms with Crippen LogP contribution in [0.4, 0.5) is 0 Å². The molecule has 1 saturated heterocycles.